The Morgan fingerprint density at radius 3 is 2.61 bits per heavy atom. The van der Waals surface area contributed by atoms with Gasteiger partial charge in [-0.2, -0.15) is 0 Å². The molecule has 0 aliphatic carbocycles. The van der Waals surface area contributed by atoms with E-state index in [-0.39, 0.29) is 12.1 Å². The lowest BCUT2D eigenvalue weighted by atomic mass is 9.96. The van der Waals surface area contributed by atoms with E-state index in [4.69, 9.17) is 9.47 Å². The maximum absolute atomic E-state index is 12.3. The van der Waals surface area contributed by atoms with E-state index in [0.29, 0.717) is 24.7 Å². The van der Waals surface area contributed by atoms with Gasteiger partial charge in [0, 0.05) is 13.6 Å². The number of amides is 1. The molecule has 7 heteroatoms. The minimum Gasteiger partial charge on any atom is -0.444 e. The number of ether oxygens (including phenoxy) is 2. The first-order valence-electron chi connectivity index (χ1n) is 10.0. The molecule has 154 valence electrons. The fourth-order valence-electron chi connectivity index (χ4n) is 3.75. The summed E-state index contributed by atoms with van der Waals surface area (Å²) in [4.78, 5) is 16.6. The number of carbonyl (C=O) groups excluding carboxylic acids is 1. The van der Waals surface area contributed by atoms with Crippen molar-refractivity contribution in [2.45, 2.75) is 69.9 Å². The second-order valence-electron chi connectivity index (χ2n) is 8.42. The Balaban J connectivity index is 1.59. The molecule has 2 saturated heterocycles. The average Bonchev–Trinajstić information content (AvgIpc) is 3.26. The molecule has 28 heavy (non-hydrogen) atoms. The lowest BCUT2D eigenvalue weighted by Crippen LogP contribution is -2.49. The number of rotatable bonds is 5. The highest BCUT2D eigenvalue weighted by molar-refractivity contribution is 5.80. The van der Waals surface area contributed by atoms with Crippen molar-refractivity contribution in [3.05, 3.63) is 35.9 Å². The number of hydrogen-bond acceptors (Lipinski definition) is 4. The summed E-state index contributed by atoms with van der Waals surface area (Å²) in [5, 5.41) is 9.76. The van der Waals surface area contributed by atoms with Gasteiger partial charge < -0.3 is 25.4 Å². The summed E-state index contributed by atoms with van der Waals surface area (Å²) in [6.45, 7) is 6.05. The van der Waals surface area contributed by atoms with Gasteiger partial charge in [-0.05, 0) is 45.6 Å². The molecule has 4 unspecified atom stereocenters. The number of alkyl carbamates (subject to hydrolysis) is 1. The lowest BCUT2D eigenvalue weighted by molar-refractivity contribution is 0.0504. The summed E-state index contributed by atoms with van der Waals surface area (Å²) in [6, 6.07) is 9.90. The van der Waals surface area contributed by atoms with Crippen LogP contribution in [0.2, 0.25) is 0 Å². The lowest BCUT2D eigenvalue weighted by Gasteiger charge is -2.26. The molecule has 2 aliphatic rings. The summed E-state index contributed by atoms with van der Waals surface area (Å²) in [5.74, 6) is 0.716. The minimum absolute atomic E-state index is 0.245. The molecule has 0 saturated carbocycles. The summed E-state index contributed by atoms with van der Waals surface area (Å²) in [5.41, 5.74) is 0.456. The summed E-state index contributed by atoms with van der Waals surface area (Å²) in [6.07, 6.45) is 3.49. The molecular weight excluding hydrogens is 356 g/mol. The maximum atomic E-state index is 12.3. The molecule has 0 aromatic heterocycles. The van der Waals surface area contributed by atoms with E-state index in [1.54, 1.807) is 7.05 Å². The number of nitrogens with zero attached hydrogens (tertiary/aromatic N) is 1. The molecule has 0 spiro atoms. The molecule has 0 radical (unpaired) electrons. The monoisotopic (exact) mass is 388 g/mol. The Morgan fingerprint density at radius 2 is 2.04 bits per heavy atom. The number of nitrogens with one attached hydrogen (secondary N) is 3. The van der Waals surface area contributed by atoms with Gasteiger partial charge in [0.05, 0.1) is 24.3 Å². The van der Waals surface area contributed by atoms with Crippen molar-refractivity contribution in [3.8, 4) is 0 Å². The Kier molecular flexibility index (Phi) is 6.44. The Labute approximate surface area is 167 Å². The van der Waals surface area contributed by atoms with Gasteiger partial charge >= 0.3 is 6.09 Å². The number of hydrogen-bond donors (Lipinski definition) is 3. The first-order valence-corrected chi connectivity index (χ1v) is 10.0. The van der Waals surface area contributed by atoms with E-state index in [0.717, 1.165) is 24.8 Å². The highest BCUT2D eigenvalue weighted by atomic mass is 16.6. The largest absolute Gasteiger partial charge is 0.444 e. The summed E-state index contributed by atoms with van der Waals surface area (Å²) in [7, 11) is 1.75. The topological polar surface area (TPSA) is 84.0 Å². The first kappa shape index (κ1) is 20.5. The zero-order chi connectivity index (χ0) is 20.1. The van der Waals surface area contributed by atoms with Gasteiger partial charge in [-0.25, -0.2) is 4.79 Å². The van der Waals surface area contributed by atoms with Crippen LogP contribution in [0.1, 0.15) is 51.6 Å². The third kappa shape index (κ3) is 5.61. The van der Waals surface area contributed by atoms with Gasteiger partial charge in [0.1, 0.15) is 5.60 Å². The van der Waals surface area contributed by atoms with Gasteiger partial charge in [-0.15, -0.1) is 0 Å². The Hall–Kier alpha value is -2.28. The van der Waals surface area contributed by atoms with Gasteiger partial charge in [-0.3, -0.25) is 4.99 Å². The fourth-order valence-corrected chi connectivity index (χ4v) is 3.75. The summed E-state index contributed by atoms with van der Waals surface area (Å²) < 4.78 is 11.3. The van der Waals surface area contributed by atoms with Crippen LogP contribution in [0.4, 0.5) is 4.79 Å². The van der Waals surface area contributed by atoms with Crippen LogP contribution in [-0.4, -0.2) is 49.5 Å². The number of carbonyl (C=O) groups is 1. The number of benzene rings is 1. The third-order valence-electron chi connectivity index (χ3n) is 5.02. The number of fused-ring (bicyclic) bond motifs is 2. The Bertz CT molecular complexity index is 687. The molecule has 3 N–H and O–H groups in total. The van der Waals surface area contributed by atoms with Crippen molar-refractivity contribution in [2.75, 3.05) is 13.6 Å². The van der Waals surface area contributed by atoms with E-state index < -0.39 is 11.7 Å². The summed E-state index contributed by atoms with van der Waals surface area (Å²) >= 11 is 0. The van der Waals surface area contributed by atoms with Crippen LogP contribution in [0, 0.1) is 0 Å². The molecule has 1 aromatic rings. The maximum Gasteiger partial charge on any atom is 0.408 e. The van der Waals surface area contributed by atoms with Crippen molar-refractivity contribution in [1.82, 2.24) is 16.0 Å². The molecule has 2 bridgehead atoms. The SMILES string of the molecule is CN=C(NCC(NC(=O)OC(C)(C)C)c1ccccc1)NC1CC2CCC1O2. The van der Waals surface area contributed by atoms with Crippen LogP contribution in [0.5, 0.6) is 0 Å². The van der Waals surface area contributed by atoms with Gasteiger partial charge in [0.2, 0.25) is 0 Å². The van der Waals surface area contributed by atoms with Crippen LogP contribution in [0.25, 0.3) is 0 Å². The van der Waals surface area contributed by atoms with E-state index in [1.807, 2.05) is 51.1 Å². The number of aliphatic imine (C=N–C) groups is 1. The highest BCUT2D eigenvalue weighted by Gasteiger charge is 2.41. The van der Waals surface area contributed by atoms with Crippen LogP contribution < -0.4 is 16.0 Å². The average molecular weight is 389 g/mol. The van der Waals surface area contributed by atoms with E-state index in [2.05, 4.69) is 20.9 Å². The van der Waals surface area contributed by atoms with Crippen molar-refractivity contribution in [3.63, 3.8) is 0 Å². The third-order valence-corrected chi connectivity index (χ3v) is 5.02. The Morgan fingerprint density at radius 1 is 1.29 bits per heavy atom. The van der Waals surface area contributed by atoms with Crippen molar-refractivity contribution < 1.29 is 14.3 Å². The van der Waals surface area contributed by atoms with Gasteiger partial charge in [0.15, 0.2) is 5.96 Å². The van der Waals surface area contributed by atoms with E-state index >= 15 is 0 Å². The van der Waals surface area contributed by atoms with Gasteiger partial charge in [0.25, 0.3) is 0 Å². The second-order valence-corrected chi connectivity index (χ2v) is 8.42. The molecule has 1 aromatic carbocycles. The van der Waals surface area contributed by atoms with Crippen molar-refractivity contribution in [1.29, 1.82) is 0 Å². The smallest absolute Gasteiger partial charge is 0.408 e. The zero-order valence-electron chi connectivity index (χ0n) is 17.2. The molecule has 2 heterocycles. The second kappa shape index (κ2) is 8.82. The molecule has 2 aliphatic heterocycles. The molecule has 2 fully saturated rings. The molecule has 1 amide bonds. The quantitative estimate of drug-likeness (QED) is 0.534. The zero-order valence-corrected chi connectivity index (χ0v) is 17.2. The fraction of sp³-hybridized carbons (Fsp3) is 0.619. The van der Waals surface area contributed by atoms with E-state index in [1.165, 1.54) is 0 Å². The van der Waals surface area contributed by atoms with Crippen molar-refractivity contribution in [2.24, 2.45) is 4.99 Å². The van der Waals surface area contributed by atoms with Crippen molar-refractivity contribution >= 4 is 12.1 Å². The predicted octanol–water partition coefficient (Wildman–Crippen LogP) is 2.74. The van der Waals surface area contributed by atoms with Crippen LogP contribution in [0.15, 0.2) is 35.3 Å². The normalized spacial score (nSPS) is 25.3. The van der Waals surface area contributed by atoms with E-state index in [9.17, 15) is 4.79 Å². The van der Waals surface area contributed by atoms with Gasteiger partial charge in [-0.1, -0.05) is 30.3 Å². The van der Waals surface area contributed by atoms with Crippen LogP contribution >= 0.6 is 0 Å². The standard InChI is InChI=1S/C21H32N4O3/c1-21(2,3)28-20(26)25-17(14-8-6-5-7-9-14)13-23-19(22-4)24-16-12-15-10-11-18(16)27-15/h5-9,15-18H,10-13H2,1-4H3,(H,25,26)(H2,22,23,24). The first-order chi connectivity index (χ1) is 13.3. The highest BCUT2D eigenvalue weighted by Crippen LogP contribution is 2.34. The van der Waals surface area contributed by atoms with Crippen LogP contribution in [0.3, 0.4) is 0 Å². The molecule has 7 nitrogen and oxygen atoms in total. The van der Waals surface area contributed by atoms with Crippen LogP contribution in [-0.2, 0) is 9.47 Å². The predicted molar refractivity (Wildman–Crippen MR) is 109 cm³/mol. The molecule has 3 rings (SSSR count). The molecule has 4 atom stereocenters. The minimum atomic E-state index is -0.544. The molecular formula is C21H32N4O3. The number of guanidine groups is 1.